The predicted molar refractivity (Wildman–Crippen MR) is 110 cm³/mol. The minimum absolute atomic E-state index is 0.199. The highest BCUT2D eigenvalue weighted by Gasteiger charge is 2.05. The molecule has 1 aromatic heterocycles. The number of carbonyl (C=O) groups is 1. The molecule has 0 radical (unpaired) electrons. The van der Waals surface area contributed by atoms with E-state index >= 15 is 0 Å². The molecule has 0 amide bonds. The Bertz CT molecular complexity index is 867. The zero-order valence-electron chi connectivity index (χ0n) is 15.0. The van der Waals surface area contributed by atoms with Crippen LogP contribution in [0.5, 0.6) is 0 Å². The number of hydrogen-bond acceptors (Lipinski definition) is 4. The Balaban J connectivity index is 1.48. The van der Waals surface area contributed by atoms with Crippen LogP contribution in [0.3, 0.4) is 0 Å². The zero-order valence-corrected chi connectivity index (χ0v) is 15.8. The molecule has 0 atom stereocenters. The summed E-state index contributed by atoms with van der Waals surface area (Å²) in [4.78, 5) is 16.3. The Kier molecular flexibility index (Phi) is 6.88. The van der Waals surface area contributed by atoms with Crippen LogP contribution in [0, 0.1) is 0 Å². The molecule has 0 spiro atoms. The molecule has 2 aromatic carbocycles. The van der Waals surface area contributed by atoms with Crippen molar-refractivity contribution in [3.8, 4) is 0 Å². The third kappa shape index (κ3) is 5.86. The fourth-order valence-electron chi connectivity index (χ4n) is 2.71. The van der Waals surface area contributed by atoms with Crippen LogP contribution in [0.2, 0.25) is 0 Å². The first-order valence-electron chi connectivity index (χ1n) is 8.90. The van der Waals surface area contributed by atoms with Crippen molar-refractivity contribution in [1.82, 2.24) is 4.98 Å². The van der Waals surface area contributed by atoms with Gasteiger partial charge in [-0.25, -0.2) is 9.78 Å². The molecule has 5 heteroatoms. The van der Waals surface area contributed by atoms with Gasteiger partial charge in [-0.2, -0.15) is 0 Å². The molecule has 2 N–H and O–H groups in total. The predicted octanol–water partition coefficient (Wildman–Crippen LogP) is 5.12. The van der Waals surface area contributed by atoms with Crippen LogP contribution < -0.4 is 5.32 Å². The lowest BCUT2D eigenvalue weighted by molar-refractivity contribution is 0.0696. The summed E-state index contributed by atoms with van der Waals surface area (Å²) in [6.07, 6.45) is 3.34. The van der Waals surface area contributed by atoms with E-state index in [0.717, 1.165) is 25.1 Å². The van der Waals surface area contributed by atoms with Crippen molar-refractivity contribution in [2.75, 3.05) is 11.9 Å². The van der Waals surface area contributed by atoms with Crippen molar-refractivity contribution in [3.63, 3.8) is 0 Å². The van der Waals surface area contributed by atoms with Gasteiger partial charge in [0.05, 0.1) is 5.56 Å². The number of nitrogens with one attached hydrogen (secondary N) is 1. The normalized spacial score (nSPS) is 10.5. The molecule has 0 unspecified atom stereocenters. The molecule has 0 aliphatic rings. The van der Waals surface area contributed by atoms with E-state index in [4.69, 9.17) is 5.11 Å². The second kappa shape index (κ2) is 9.78. The van der Waals surface area contributed by atoms with Gasteiger partial charge < -0.3 is 10.4 Å². The van der Waals surface area contributed by atoms with Crippen LogP contribution in [0.25, 0.3) is 0 Å². The second-order valence-electron chi connectivity index (χ2n) is 6.15. The molecule has 0 aliphatic heterocycles. The standard InChI is InChI=1S/C22H22N2O2S/c25-22(26)19-12-13-21(24-15-19)23-14-6-10-18-9-4-5-11-20(18)27-16-17-7-2-1-3-8-17/h1-5,7-9,11-13,15H,6,10,14,16H2,(H,23,24)(H,25,26). The third-order valence-corrected chi connectivity index (χ3v) is 5.34. The summed E-state index contributed by atoms with van der Waals surface area (Å²) in [7, 11) is 0. The molecule has 0 saturated carbocycles. The van der Waals surface area contributed by atoms with Crippen molar-refractivity contribution in [3.05, 3.63) is 89.6 Å². The first-order chi connectivity index (χ1) is 13.2. The van der Waals surface area contributed by atoms with Gasteiger partial charge in [-0.15, -0.1) is 11.8 Å². The average Bonchev–Trinajstić information content (AvgIpc) is 2.71. The largest absolute Gasteiger partial charge is 0.478 e. The lowest BCUT2D eigenvalue weighted by Crippen LogP contribution is -2.06. The summed E-state index contributed by atoms with van der Waals surface area (Å²) < 4.78 is 0. The van der Waals surface area contributed by atoms with E-state index < -0.39 is 5.97 Å². The molecule has 0 aliphatic carbocycles. The fraction of sp³-hybridized carbons (Fsp3) is 0.182. The van der Waals surface area contributed by atoms with Crippen molar-refractivity contribution in [2.24, 2.45) is 0 Å². The van der Waals surface area contributed by atoms with E-state index in [2.05, 4.69) is 58.8 Å². The number of benzene rings is 2. The van der Waals surface area contributed by atoms with E-state index in [-0.39, 0.29) is 5.56 Å². The SMILES string of the molecule is O=C(O)c1ccc(NCCCc2ccccc2SCc2ccccc2)nc1. The summed E-state index contributed by atoms with van der Waals surface area (Å²) in [5, 5.41) is 12.1. The monoisotopic (exact) mass is 378 g/mol. The van der Waals surface area contributed by atoms with Crippen LogP contribution in [0.4, 0.5) is 5.82 Å². The van der Waals surface area contributed by atoms with Gasteiger partial charge in [-0.3, -0.25) is 0 Å². The number of carboxylic acid groups (broad SMARTS) is 1. The number of aryl methyl sites for hydroxylation is 1. The fourth-order valence-corrected chi connectivity index (χ4v) is 3.75. The van der Waals surface area contributed by atoms with Crippen molar-refractivity contribution >= 4 is 23.5 Å². The summed E-state index contributed by atoms with van der Waals surface area (Å²) >= 11 is 1.87. The zero-order chi connectivity index (χ0) is 18.9. The Morgan fingerprint density at radius 2 is 1.78 bits per heavy atom. The quantitative estimate of drug-likeness (QED) is 0.400. The lowest BCUT2D eigenvalue weighted by Gasteiger charge is -2.10. The summed E-state index contributed by atoms with van der Waals surface area (Å²) in [6.45, 7) is 0.789. The summed E-state index contributed by atoms with van der Waals surface area (Å²) in [5.74, 6) is 0.709. The summed E-state index contributed by atoms with van der Waals surface area (Å²) in [5.41, 5.74) is 2.88. The maximum Gasteiger partial charge on any atom is 0.337 e. The minimum Gasteiger partial charge on any atom is -0.478 e. The maximum absolute atomic E-state index is 10.8. The van der Waals surface area contributed by atoms with Crippen LogP contribution in [0.1, 0.15) is 27.9 Å². The molecule has 0 saturated heterocycles. The van der Waals surface area contributed by atoms with Gasteiger partial charge in [-0.05, 0) is 42.2 Å². The molecule has 3 aromatic rings. The molecule has 27 heavy (non-hydrogen) atoms. The molecule has 3 rings (SSSR count). The minimum atomic E-state index is -0.960. The first-order valence-corrected chi connectivity index (χ1v) is 9.89. The Morgan fingerprint density at radius 3 is 2.52 bits per heavy atom. The second-order valence-corrected chi connectivity index (χ2v) is 7.17. The topological polar surface area (TPSA) is 62.2 Å². The molecule has 4 nitrogen and oxygen atoms in total. The van der Waals surface area contributed by atoms with Gasteiger partial charge in [-0.1, -0.05) is 48.5 Å². The molecule has 1 heterocycles. The average molecular weight is 378 g/mol. The van der Waals surface area contributed by atoms with Gasteiger partial charge in [0.15, 0.2) is 0 Å². The molecular formula is C22H22N2O2S. The van der Waals surface area contributed by atoms with Gasteiger partial charge in [0.1, 0.15) is 5.82 Å². The Morgan fingerprint density at radius 1 is 1.00 bits per heavy atom. The number of nitrogens with zero attached hydrogens (tertiary/aromatic N) is 1. The van der Waals surface area contributed by atoms with Gasteiger partial charge >= 0.3 is 5.97 Å². The molecular weight excluding hydrogens is 356 g/mol. The third-order valence-electron chi connectivity index (χ3n) is 4.15. The summed E-state index contributed by atoms with van der Waals surface area (Å²) in [6, 6.07) is 22.3. The highest BCUT2D eigenvalue weighted by molar-refractivity contribution is 7.98. The maximum atomic E-state index is 10.8. The molecule has 0 bridgehead atoms. The lowest BCUT2D eigenvalue weighted by atomic mass is 10.1. The Hall–Kier alpha value is -2.79. The van der Waals surface area contributed by atoms with Crippen molar-refractivity contribution in [2.45, 2.75) is 23.5 Å². The first kappa shape index (κ1) is 19.0. The van der Waals surface area contributed by atoms with Crippen LogP contribution in [0.15, 0.2) is 77.8 Å². The number of pyridine rings is 1. The number of thioether (sulfide) groups is 1. The van der Waals surface area contributed by atoms with Crippen LogP contribution >= 0.6 is 11.8 Å². The molecule has 0 fully saturated rings. The smallest absolute Gasteiger partial charge is 0.337 e. The van der Waals surface area contributed by atoms with E-state index in [0.29, 0.717) is 5.82 Å². The van der Waals surface area contributed by atoms with Crippen molar-refractivity contribution in [1.29, 1.82) is 0 Å². The van der Waals surface area contributed by atoms with E-state index in [1.165, 1.54) is 22.2 Å². The van der Waals surface area contributed by atoms with E-state index in [9.17, 15) is 4.79 Å². The van der Waals surface area contributed by atoms with Gasteiger partial charge in [0, 0.05) is 23.4 Å². The van der Waals surface area contributed by atoms with E-state index in [1.54, 1.807) is 12.1 Å². The molecule has 138 valence electrons. The number of aromatic nitrogens is 1. The number of hydrogen-bond donors (Lipinski definition) is 2. The highest BCUT2D eigenvalue weighted by atomic mass is 32.2. The van der Waals surface area contributed by atoms with Crippen LogP contribution in [-0.2, 0) is 12.2 Å². The Labute approximate surface area is 163 Å². The van der Waals surface area contributed by atoms with Gasteiger partial charge in [0.25, 0.3) is 0 Å². The number of carboxylic acids is 1. The van der Waals surface area contributed by atoms with E-state index in [1.807, 2.05) is 17.8 Å². The van der Waals surface area contributed by atoms with Crippen molar-refractivity contribution < 1.29 is 9.90 Å². The number of rotatable bonds is 9. The number of aromatic carboxylic acids is 1. The number of anilines is 1. The highest BCUT2D eigenvalue weighted by Crippen LogP contribution is 2.27. The van der Waals surface area contributed by atoms with Crippen LogP contribution in [-0.4, -0.2) is 22.6 Å². The van der Waals surface area contributed by atoms with Gasteiger partial charge in [0.2, 0.25) is 0 Å².